The fourth-order valence-corrected chi connectivity index (χ4v) is 1.89. The van der Waals surface area contributed by atoms with E-state index < -0.39 is 10.0 Å². The van der Waals surface area contributed by atoms with Crippen LogP contribution in [0.4, 0.5) is 5.69 Å². The normalized spacial score (nSPS) is 15.8. The quantitative estimate of drug-likeness (QED) is 0.701. The van der Waals surface area contributed by atoms with E-state index in [0.717, 1.165) is 11.3 Å². The predicted octanol–water partition coefficient (Wildman–Crippen LogP) is 0.234. The number of ether oxygens (including phenoxy) is 1. The Morgan fingerprint density at radius 2 is 2.21 bits per heavy atom. The summed E-state index contributed by atoms with van der Waals surface area (Å²) in [6, 6.07) is 4.70. The van der Waals surface area contributed by atoms with Crippen molar-refractivity contribution in [2.75, 3.05) is 12.0 Å². The van der Waals surface area contributed by atoms with Crippen LogP contribution < -0.4 is 10.5 Å². The van der Waals surface area contributed by atoms with Crippen LogP contribution in [-0.4, -0.2) is 15.1 Å². The third kappa shape index (κ3) is 1.72. The second kappa shape index (κ2) is 3.23. The smallest absolute Gasteiger partial charge is 0.238 e. The van der Waals surface area contributed by atoms with Crippen LogP contribution in [0.2, 0.25) is 0 Å². The molecule has 76 valence electrons. The standard InChI is InChI=1S/C8H10N2O3S/c9-14(11,12)7-1-2-8-6(3-7)4-13-5-10-8/h1-3,10H,4-5H2,(H2,9,11,12). The van der Waals surface area contributed by atoms with Gasteiger partial charge >= 0.3 is 0 Å². The van der Waals surface area contributed by atoms with Crippen molar-refractivity contribution in [2.24, 2.45) is 5.14 Å². The summed E-state index contributed by atoms with van der Waals surface area (Å²) in [5.41, 5.74) is 1.70. The highest BCUT2D eigenvalue weighted by Crippen LogP contribution is 2.23. The zero-order chi connectivity index (χ0) is 10.2. The van der Waals surface area contributed by atoms with E-state index in [1.807, 2.05) is 0 Å². The summed E-state index contributed by atoms with van der Waals surface area (Å²) in [5.74, 6) is 0. The van der Waals surface area contributed by atoms with Crippen molar-refractivity contribution in [3.05, 3.63) is 23.8 Å². The minimum Gasteiger partial charge on any atom is -0.362 e. The molecule has 1 aliphatic heterocycles. The highest BCUT2D eigenvalue weighted by atomic mass is 32.2. The minimum atomic E-state index is -3.62. The molecule has 0 aliphatic carbocycles. The molecule has 0 spiro atoms. The summed E-state index contributed by atoms with van der Waals surface area (Å²) < 4.78 is 27.2. The van der Waals surface area contributed by atoms with Gasteiger partial charge in [-0.2, -0.15) is 0 Å². The summed E-state index contributed by atoms with van der Waals surface area (Å²) in [5, 5.41) is 7.98. The minimum absolute atomic E-state index is 0.114. The summed E-state index contributed by atoms with van der Waals surface area (Å²) in [4.78, 5) is 0.114. The first-order valence-corrected chi connectivity index (χ1v) is 5.59. The average Bonchev–Trinajstić information content (AvgIpc) is 2.16. The van der Waals surface area contributed by atoms with Crippen LogP contribution in [0, 0.1) is 0 Å². The molecule has 3 N–H and O–H groups in total. The third-order valence-electron chi connectivity index (χ3n) is 2.03. The Labute approximate surface area is 81.9 Å². The molecule has 0 unspecified atom stereocenters. The zero-order valence-electron chi connectivity index (χ0n) is 7.36. The Hall–Kier alpha value is -1.11. The Balaban J connectivity index is 2.49. The maximum Gasteiger partial charge on any atom is 0.238 e. The van der Waals surface area contributed by atoms with E-state index in [9.17, 15) is 8.42 Å². The molecule has 5 nitrogen and oxygen atoms in total. The molecule has 0 saturated carbocycles. The molecule has 0 amide bonds. The van der Waals surface area contributed by atoms with Gasteiger partial charge in [-0.3, -0.25) is 0 Å². The van der Waals surface area contributed by atoms with Gasteiger partial charge in [0.1, 0.15) is 6.73 Å². The van der Waals surface area contributed by atoms with Gasteiger partial charge in [0.25, 0.3) is 0 Å². The Morgan fingerprint density at radius 3 is 2.93 bits per heavy atom. The van der Waals surface area contributed by atoms with Gasteiger partial charge in [-0.1, -0.05) is 0 Å². The maximum absolute atomic E-state index is 11.0. The van der Waals surface area contributed by atoms with Crippen LogP contribution in [-0.2, 0) is 21.4 Å². The maximum atomic E-state index is 11.0. The fourth-order valence-electron chi connectivity index (χ4n) is 1.33. The van der Waals surface area contributed by atoms with E-state index in [4.69, 9.17) is 9.88 Å². The molecule has 0 aromatic heterocycles. The van der Waals surface area contributed by atoms with Gasteiger partial charge in [0.05, 0.1) is 11.5 Å². The second-order valence-corrected chi connectivity index (χ2v) is 4.59. The number of nitrogens with two attached hydrogens (primary N) is 1. The molecule has 0 bridgehead atoms. The SMILES string of the molecule is NS(=O)(=O)c1ccc2c(c1)COCN2. The van der Waals surface area contributed by atoms with Gasteiger partial charge < -0.3 is 10.1 Å². The number of primary sulfonamides is 1. The molecule has 1 aromatic rings. The lowest BCUT2D eigenvalue weighted by atomic mass is 10.2. The molecule has 0 saturated heterocycles. The van der Waals surface area contributed by atoms with Crippen LogP contribution >= 0.6 is 0 Å². The van der Waals surface area contributed by atoms with Crippen molar-refractivity contribution in [3.63, 3.8) is 0 Å². The van der Waals surface area contributed by atoms with Crippen molar-refractivity contribution in [1.29, 1.82) is 0 Å². The molecule has 1 aliphatic rings. The first kappa shape index (κ1) is 9.45. The average molecular weight is 214 g/mol. The zero-order valence-corrected chi connectivity index (χ0v) is 8.17. The van der Waals surface area contributed by atoms with Gasteiger partial charge in [-0.15, -0.1) is 0 Å². The van der Waals surface area contributed by atoms with Gasteiger partial charge in [0.15, 0.2) is 0 Å². The molecule has 1 heterocycles. The second-order valence-electron chi connectivity index (χ2n) is 3.03. The van der Waals surface area contributed by atoms with Crippen LogP contribution in [0.1, 0.15) is 5.56 Å². The lowest BCUT2D eigenvalue weighted by molar-refractivity contribution is 0.130. The highest BCUT2D eigenvalue weighted by molar-refractivity contribution is 7.89. The highest BCUT2D eigenvalue weighted by Gasteiger charge is 2.13. The molecular weight excluding hydrogens is 204 g/mol. The largest absolute Gasteiger partial charge is 0.362 e. The lowest BCUT2D eigenvalue weighted by Gasteiger charge is -2.18. The first-order valence-electron chi connectivity index (χ1n) is 4.05. The molecule has 2 rings (SSSR count). The van der Waals surface area contributed by atoms with E-state index in [2.05, 4.69) is 5.32 Å². The summed E-state index contributed by atoms with van der Waals surface area (Å²) >= 11 is 0. The van der Waals surface area contributed by atoms with Crippen molar-refractivity contribution < 1.29 is 13.2 Å². The first-order chi connectivity index (χ1) is 6.57. The Morgan fingerprint density at radius 1 is 1.43 bits per heavy atom. The van der Waals surface area contributed by atoms with E-state index in [-0.39, 0.29) is 4.90 Å². The molecule has 1 aromatic carbocycles. The number of hydrogen-bond donors (Lipinski definition) is 2. The van der Waals surface area contributed by atoms with Gasteiger partial charge in [0.2, 0.25) is 10.0 Å². The van der Waals surface area contributed by atoms with Crippen molar-refractivity contribution in [1.82, 2.24) is 0 Å². The van der Waals surface area contributed by atoms with Gasteiger partial charge in [-0.05, 0) is 18.2 Å². The molecule has 0 radical (unpaired) electrons. The Bertz CT molecular complexity index is 456. The number of nitrogens with one attached hydrogen (secondary N) is 1. The summed E-state index contributed by atoms with van der Waals surface area (Å²) in [6.07, 6.45) is 0. The summed E-state index contributed by atoms with van der Waals surface area (Å²) in [7, 11) is -3.62. The van der Waals surface area contributed by atoms with E-state index >= 15 is 0 Å². The number of hydrogen-bond acceptors (Lipinski definition) is 4. The van der Waals surface area contributed by atoms with Crippen molar-refractivity contribution in [2.45, 2.75) is 11.5 Å². The number of benzene rings is 1. The molecule has 0 fully saturated rings. The third-order valence-corrected chi connectivity index (χ3v) is 2.94. The molecule has 0 atom stereocenters. The number of anilines is 1. The van der Waals surface area contributed by atoms with Crippen LogP contribution in [0.15, 0.2) is 23.1 Å². The summed E-state index contributed by atoms with van der Waals surface area (Å²) in [6.45, 7) is 0.855. The molecule has 6 heteroatoms. The predicted molar refractivity (Wildman–Crippen MR) is 51.1 cm³/mol. The van der Waals surface area contributed by atoms with E-state index in [1.165, 1.54) is 12.1 Å². The number of rotatable bonds is 1. The van der Waals surface area contributed by atoms with Crippen LogP contribution in [0.5, 0.6) is 0 Å². The lowest BCUT2D eigenvalue weighted by Crippen LogP contribution is -2.17. The Kier molecular flexibility index (Phi) is 2.18. The van der Waals surface area contributed by atoms with Crippen LogP contribution in [0.25, 0.3) is 0 Å². The van der Waals surface area contributed by atoms with Crippen molar-refractivity contribution in [3.8, 4) is 0 Å². The number of sulfonamides is 1. The van der Waals surface area contributed by atoms with Crippen LogP contribution in [0.3, 0.4) is 0 Å². The molecular formula is C8H10N2O3S. The number of fused-ring (bicyclic) bond motifs is 1. The monoisotopic (exact) mass is 214 g/mol. The topological polar surface area (TPSA) is 81.4 Å². The van der Waals surface area contributed by atoms with E-state index in [0.29, 0.717) is 13.3 Å². The molecule has 14 heavy (non-hydrogen) atoms. The van der Waals surface area contributed by atoms with E-state index in [1.54, 1.807) is 6.07 Å². The van der Waals surface area contributed by atoms with Crippen molar-refractivity contribution >= 4 is 15.7 Å². The fraction of sp³-hybridized carbons (Fsp3) is 0.250. The van der Waals surface area contributed by atoms with Gasteiger partial charge in [-0.25, -0.2) is 13.6 Å². The van der Waals surface area contributed by atoms with Gasteiger partial charge in [0, 0.05) is 11.3 Å².